The summed E-state index contributed by atoms with van der Waals surface area (Å²) in [6, 6.07) is 11.6. The molecule has 0 N–H and O–H groups in total. The van der Waals surface area contributed by atoms with Crippen molar-refractivity contribution in [2.45, 2.75) is 51.6 Å². The number of hydrogen-bond acceptors (Lipinski definition) is 5. The maximum Gasteiger partial charge on any atom is 0.296 e. The van der Waals surface area contributed by atoms with E-state index >= 15 is 0 Å². The van der Waals surface area contributed by atoms with Gasteiger partial charge < -0.3 is 18.9 Å². The van der Waals surface area contributed by atoms with Crippen LogP contribution < -0.4 is 14.0 Å². The van der Waals surface area contributed by atoms with Gasteiger partial charge in [-0.05, 0) is 43.2 Å². The van der Waals surface area contributed by atoms with Crippen LogP contribution in [0.4, 0.5) is 5.69 Å². The molecule has 5 rings (SSSR count). The van der Waals surface area contributed by atoms with Crippen LogP contribution in [0.15, 0.2) is 30.3 Å². The molecule has 2 aromatic heterocycles. The maximum absolute atomic E-state index is 6.01. The summed E-state index contributed by atoms with van der Waals surface area (Å²) in [5.41, 5.74) is 6.66. The smallest absolute Gasteiger partial charge is 0.296 e. The Labute approximate surface area is 208 Å². The number of fused-ring (bicyclic) bond motifs is 1. The van der Waals surface area contributed by atoms with Gasteiger partial charge >= 0.3 is 0 Å². The third kappa shape index (κ3) is 4.09. The Kier molecular flexibility index (Phi) is 6.75. The predicted octanol–water partition coefficient (Wildman–Crippen LogP) is 4.93. The number of methoxy groups -OCH3 is 2. The van der Waals surface area contributed by atoms with Gasteiger partial charge in [0.1, 0.15) is 11.3 Å². The number of quaternary nitrogens is 1. The number of rotatable bonds is 6. The fraction of sp³-hybridized carbons (Fsp3) is 0.536. The Hall–Kier alpha value is -2.61. The Morgan fingerprint density at radius 3 is 2.11 bits per heavy atom. The average molecular weight is 481 g/mol. The molecule has 0 bridgehead atoms. The van der Waals surface area contributed by atoms with Crippen molar-refractivity contribution in [1.29, 1.82) is 0 Å². The quantitative estimate of drug-likeness (QED) is 0.468. The summed E-state index contributed by atoms with van der Waals surface area (Å²) in [5, 5.41) is 5.06. The molecule has 2 saturated heterocycles. The number of pyridine rings is 1. The van der Waals surface area contributed by atoms with Gasteiger partial charge in [-0.25, -0.2) is 4.52 Å². The Bertz CT molecular complexity index is 1170. The summed E-state index contributed by atoms with van der Waals surface area (Å²) >= 11 is 0. The third-order valence-electron chi connectivity index (χ3n) is 8.09. The molecular formula is C28H38N3O4+. The molecule has 7 heteroatoms. The number of benzene rings is 1. The molecule has 0 aliphatic carbocycles. The van der Waals surface area contributed by atoms with Crippen LogP contribution in [0.3, 0.4) is 0 Å². The minimum absolute atomic E-state index is 0.438. The van der Waals surface area contributed by atoms with Crippen LogP contribution in [0.2, 0.25) is 0 Å². The first kappa shape index (κ1) is 24.1. The van der Waals surface area contributed by atoms with Crippen molar-refractivity contribution in [1.82, 2.24) is 14.1 Å². The van der Waals surface area contributed by atoms with Crippen LogP contribution in [-0.4, -0.2) is 69.4 Å². The molecule has 2 fully saturated rings. The van der Waals surface area contributed by atoms with E-state index in [9.17, 15) is 0 Å². The van der Waals surface area contributed by atoms with Crippen LogP contribution in [0, 0.1) is 13.8 Å². The molecule has 4 heterocycles. The van der Waals surface area contributed by atoms with Gasteiger partial charge in [0.05, 0.1) is 65.5 Å². The highest BCUT2D eigenvalue weighted by atomic mass is 16.5. The van der Waals surface area contributed by atoms with E-state index in [1.165, 1.54) is 5.56 Å². The van der Waals surface area contributed by atoms with Crippen LogP contribution in [-0.2, 0) is 9.47 Å². The van der Waals surface area contributed by atoms with Crippen LogP contribution >= 0.6 is 0 Å². The third-order valence-corrected chi connectivity index (χ3v) is 8.09. The van der Waals surface area contributed by atoms with Crippen molar-refractivity contribution >= 4 is 11.2 Å². The molecule has 0 spiro atoms. The molecule has 0 atom stereocenters. The van der Waals surface area contributed by atoms with E-state index in [2.05, 4.69) is 55.7 Å². The predicted molar refractivity (Wildman–Crippen MR) is 139 cm³/mol. The van der Waals surface area contributed by atoms with Gasteiger partial charge in [-0.3, -0.25) is 4.48 Å². The van der Waals surface area contributed by atoms with Crippen molar-refractivity contribution in [3.05, 3.63) is 41.5 Å². The van der Waals surface area contributed by atoms with Crippen molar-refractivity contribution in [2.24, 2.45) is 0 Å². The molecule has 0 saturated carbocycles. The fourth-order valence-electron chi connectivity index (χ4n) is 6.34. The fourth-order valence-corrected chi connectivity index (χ4v) is 6.34. The zero-order valence-corrected chi connectivity index (χ0v) is 21.7. The van der Waals surface area contributed by atoms with Crippen molar-refractivity contribution in [3.63, 3.8) is 0 Å². The number of aromatic nitrogens is 2. The van der Waals surface area contributed by atoms with Crippen LogP contribution in [0.5, 0.6) is 11.6 Å². The Morgan fingerprint density at radius 2 is 1.54 bits per heavy atom. The van der Waals surface area contributed by atoms with Crippen LogP contribution in [0.25, 0.3) is 16.8 Å². The maximum atomic E-state index is 6.01. The second-order valence-corrected chi connectivity index (χ2v) is 10.1. The van der Waals surface area contributed by atoms with E-state index in [1.807, 2.05) is 0 Å². The standard InChI is InChI=1S/C28H38N3O4/c1-19-17-20(2)26(25(18-19)32-4)23-7-6-8-24-27(28(33-5)29-30(23)24)31(3,21-9-13-34-14-10-21)22-11-15-35-16-12-22/h6-8,17-18,21-22H,9-16H2,1-5H3/q+1. The second kappa shape index (κ2) is 9.80. The lowest BCUT2D eigenvalue weighted by molar-refractivity contribution is -0.00390. The highest BCUT2D eigenvalue weighted by Crippen LogP contribution is 2.46. The largest absolute Gasteiger partial charge is 0.496 e. The Morgan fingerprint density at radius 1 is 0.914 bits per heavy atom. The summed E-state index contributed by atoms with van der Waals surface area (Å²) in [4.78, 5) is 0. The van der Waals surface area contributed by atoms with Gasteiger partial charge in [-0.15, -0.1) is 5.10 Å². The van der Waals surface area contributed by atoms with Gasteiger partial charge in [-0.2, -0.15) is 0 Å². The molecule has 35 heavy (non-hydrogen) atoms. The lowest BCUT2D eigenvalue weighted by atomic mass is 9.95. The van der Waals surface area contributed by atoms with Crippen molar-refractivity contribution in [3.8, 4) is 22.9 Å². The molecule has 1 aromatic carbocycles. The minimum atomic E-state index is 0.438. The second-order valence-electron chi connectivity index (χ2n) is 10.1. The van der Waals surface area contributed by atoms with Gasteiger partial charge in [0.15, 0.2) is 0 Å². The normalized spacial score (nSPS) is 18.2. The average Bonchev–Trinajstić information content (AvgIpc) is 3.28. The summed E-state index contributed by atoms with van der Waals surface area (Å²) in [7, 11) is 5.86. The van der Waals surface area contributed by atoms with E-state index in [0.29, 0.717) is 18.0 Å². The molecule has 2 aliphatic heterocycles. The first-order valence-electron chi connectivity index (χ1n) is 12.7. The SMILES string of the molecule is COc1cc(C)cc(C)c1-c1cccc2c([N+](C)(C3CCOCC3)C3CCOCC3)c(OC)nn12. The first-order chi connectivity index (χ1) is 17.0. The van der Waals surface area contributed by atoms with Gasteiger partial charge in [0, 0.05) is 31.2 Å². The summed E-state index contributed by atoms with van der Waals surface area (Å²) < 4.78 is 26.2. The minimum Gasteiger partial charge on any atom is -0.496 e. The molecule has 3 aromatic rings. The van der Waals surface area contributed by atoms with E-state index in [0.717, 1.165) is 90.4 Å². The number of hydrogen-bond donors (Lipinski definition) is 0. The number of aryl methyl sites for hydroxylation is 2. The monoisotopic (exact) mass is 480 g/mol. The van der Waals surface area contributed by atoms with Gasteiger partial charge in [0.25, 0.3) is 5.88 Å². The topological polar surface area (TPSA) is 54.2 Å². The lowest BCUT2D eigenvalue weighted by Gasteiger charge is -2.48. The van der Waals surface area contributed by atoms with Crippen molar-refractivity contribution < 1.29 is 18.9 Å². The number of ether oxygens (including phenoxy) is 4. The van der Waals surface area contributed by atoms with E-state index < -0.39 is 0 Å². The summed E-state index contributed by atoms with van der Waals surface area (Å²) in [6.07, 6.45) is 4.11. The molecule has 0 unspecified atom stereocenters. The zero-order chi connectivity index (χ0) is 24.6. The molecule has 0 amide bonds. The lowest BCUT2D eigenvalue weighted by Crippen LogP contribution is -2.62. The number of nitrogens with zero attached hydrogens (tertiary/aromatic N) is 3. The zero-order valence-electron chi connectivity index (χ0n) is 21.7. The molecule has 7 nitrogen and oxygen atoms in total. The van der Waals surface area contributed by atoms with Gasteiger partial charge in [0.2, 0.25) is 5.69 Å². The van der Waals surface area contributed by atoms with E-state index in [1.54, 1.807) is 14.2 Å². The van der Waals surface area contributed by atoms with E-state index in [4.69, 9.17) is 24.0 Å². The summed E-state index contributed by atoms with van der Waals surface area (Å²) in [6.45, 7) is 7.43. The first-order valence-corrected chi connectivity index (χ1v) is 12.7. The molecule has 0 radical (unpaired) electrons. The van der Waals surface area contributed by atoms with Gasteiger partial charge in [-0.1, -0.05) is 12.1 Å². The summed E-state index contributed by atoms with van der Waals surface area (Å²) in [5.74, 6) is 1.55. The molecular weight excluding hydrogens is 442 g/mol. The van der Waals surface area contributed by atoms with E-state index in [-0.39, 0.29) is 0 Å². The Balaban J connectivity index is 1.75. The van der Waals surface area contributed by atoms with Crippen LogP contribution in [0.1, 0.15) is 36.8 Å². The van der Waals surface area contributed by atoms with Crippen molar-refractivity contribution in [2.75, 3.05) is 47.7 Å². The molecule has 2 aliphatic rings. The highest BCUT2D eigenvalue weighted by Gasteiger charge is 2.47. The highest BCUT2D eigenvalue weighted by molar-refractivity contribution is 5.82. The molecule has 188 valence electrons.